The topological polar surface area (TPSA) is 102 Å². The number of carbonyl (C=O) groups excluding carboxylic acids is 2. The molecular weight excluding hydrogens is 435 g/mol. The van der Waals surface area contributed by atoms with Crippen LogP contribution in [0.2, 0.25) is 0 Å². The number of rotatable bonds is 14. The van der Waals surface area contributed by atoms with Crippen molar-refractivity contribution in [1.29, 1.82) is 0 Å². The lowest BCUT2D eigenvalue weighted by Crippen LogP contribution is -2.40. The minimum atomic E-state index is -3.34. The van der Waals surface area contributed by atoms with Crippen LogP contribution in [-0.4, -0.2) is 39.1 Å². The first-order valence-electron chi connectivity index (χ1n) is 11.5. The maximum absolute atomic E-state index is 13.8. The SMILES string of the molecule is O=C1CC[C@H](CCCCCS(=O)(=O)NCCCc2ccc(F)c(OCC3CC3)c2)C(=O)N1. The largest absolute Gasteiger partial charge is 0.490 e. The molecule has 1 saturated heterocycles. The summed E-state index contributed by atoms with van der Waals surface area (Å²) in [6, 6.07) is 4.81. The van der Waals surface area contributed by atoms with E-state index in [-0.39, 0.29) is 35.1 Å². The van der Waals surface area contributed by atoms with Gasteiger partial charge in [0.15, 0.2) is 11.6 Å². The van der Waals surface area contributed by atoms with Crippen molar-refractivity contribution < 1.29 is 27.1 Å². The number of benzene rings is 1. The molecule has 1 aliphatic heterocycles. The summed E-state index contributed by atoms with van der Waals surface area (Å²) in [7, 11) is -3.34. The molecule has 1 heterocycles. The summed E-state index contributed by atoms with van der Waals surface area (Å²) in [6.07, 6.45) is 7.17. The molecule has 9 heteroatoms. The standard InChI is InChI=1S/C23H33FN2O5S/c24-20-11-9-17(15-21(20)31-16-18-7-8-18)5-4-13-25-32(29,30)14-3-1-2-6-19-10-12-22(27)26-23(19)28/h9,11,15,18-19,25H,1-8,10,12-14,16H2,(H,26,27,28)/t19-/m0/s1. The van der Waals surface area contributed by atoms with E-state index in [1.54, 1.807) is 12.1 Å². The van der Waals surface area contributed by atoms with E-state index in [9.17, 15) is 22.4 Å². The zero-order chi connectivity index (χ0) is 23.0. The maximum Gasteiger partial charge on any atom is 0.229 e. The van der Waals surface area contributed by atoms with Crippen LogP contribution in [0.25, 0.3) is 0 Å². The number of hydrogen-bond acceptors (Lipinski definition) is 5. The van der Waals surface area contributed by atoms with Crippen molar-refractivity contribution in [2.45, 2.75) is 64.2 Å². The van der Waals surface area contributed by atoms with Crippen molar-refractivity contribution in [3.63, 3.8) is 0 Å². The third-order valence-corrected chi connectivity index (χ3v) is 7.42. The molecule has 178 valence electrons. The van der Waals surface area contributed by atoms with Gasteiger partial charge in [-0.05, 0) is 68.6 Å². The molecule has 1 aromatic rings. The Morgan fingerprint density at radius 3 is 2.66 bits per heavy atom. The van der Waals surface area contributed by atoms with Gasteiger partial charge in [0.25, 0.3) is 0 Å². The summed E-state index contributed by atoms with van der Waals surface area (Å²) >= 11 is 0. The number of halogens is 1. The summed E-state index contributed by atoms with van der Waals surface area (Å²) in [5.41, 5.74) is 0.921. The van der Waals surface area contributed by atoms with Gasteiger partial charge in [-0.15, -0.1) is 0 Å². The Morgan fingerprint density at radius 1 is 1.09 bits per heavy atom. The first-order valence-corrected chi connectivity index (χ1v) is 13.2. The normalized spacial score (nSPS) is 19.1. The van der Waals surface area contributed by atoms with Crippen molar-refractivity contribution in [3.05, 3.63) is 29.6 Å². The van der Waals surface area contributed by atoms with E-state index in [1.165, 1.54) is 6.07 Å². The van der Waals surface area contributed by atoms with Crippen LogP contribution >= 0.6 is 0 Å². The fourth-order valence-electron chi connectivity index (χ4n) is 3.77. The van der Waals surface area contributed by atoms with Crippen LogP contribution in [0.4, 0.5) is 4.39 Å². The van der Waals surface area contributed by atoms with Crippen LogP contribution in [0.1, 0.15) is 63.4 Å². The second-order valence-corrected chi connectivity index (χ2v) is 10.8. The first kappa shape index (κ1) is 24.6. The summed E-state index contributed by atoms with van der Waals surface area (Å²) < 4.78 is 46.4. The average Bonchev–Trinajstić information content (AvgIpc) is 3.57. The Morgan fingerprint density at radius 2 is 1.91 bits per heavy atom. The molecule has 1 saturated carbocycles. The van der Waals surface area contributed by atoms with Crippen molar-refractivity contribution in [2.24, 2.45) is 11.8 Å². The van der Waals surface area contributed by atoms with E-state index in [2.05, 4.69) is 10.0 Å². The maximum atomic E-state index is 13.8. The molecule has 2 fully saturated rings. The molecule has 0 aromatic heterocycles. The molecule has 1 aromatic carbocycles. The van der Waals surface area contributed by atoms with Crippen molar-refractivity contribution in [2.75, 3.05) is 18.9 Å². The van der Waals surface area contributed by atoms with E-state index < -0.39 is 10.0 Å². The fraction of sp³-hybridized carbons (Fsp3) is 0.652. The van der Waals surface area contributed by atoms with Crippen molar-refractivity contribution in [3.8, 4) is 5.75 Å². The van der Waals surface area contributed by atoms with Crippen LogP contribution in [0, 0.1) is 17.7 Å². The molecule has 0 unspecified atom stereocenters. The lowest BCUT2D eigenvalue weighted by Gasteiger charge is -2.20. The summed E-state index contributed by atoms with van der Waals surface area (Å²) in [6.45, 7) is 0.877. The molecule has 2 N–H and O–H groups in total. The monoisotopic (exact) mass is 468 g/mol. The first-order chi connectivity index (χ1) is 15.3. The number of amides is 2. The highest BCUT2D eigenvalue weighted by atomic mass is 32.2. The smallest absolute Gasteiger partial charge is 0.229 e. The van der Waals surface area contributed by atoms with Gasteiger partial charge in [-0.3, -0.25) is 14.9 Å². The Labute approximate surface area is 189 Å². The van der Waals surface area contributed by atoms with Crippen LogP contribution in [-0.2, 0) is 26.0 Å². The fourth-order valence-corrected chi connectivity index (χ4v) is 4.96. The molecule has 7 nitrogen and oxygen atoms in total. The molecule has 3 rings (SSSR count). The van der Waals surface area contributed by atoms with Gasteiger partial charge in [0.2, 0.25) is 21.8 Å². The lowest BCUT2D eigenvalue weighted by atomic mass is 9.92. The Kier molecular flexibility index (Phi) is 9.04. The number of nitrogens with one attached hydrogen (secondary N) is 2. The predicted octanol–water partition coefficient (Wildman–Crippen LogP) is 3.08. The van der Waals surface area contributed by atoms with Crippen molar-refractivity contribution in [1.82, 2.24) is 10.0 Å². The van der Waals surface area contributed by atoms with Gasteiger partial charge in [-0.2, -0.15) is 0 Å². The Bertz CT molecular complexity index is 902. The lowest BCUT2D eigenvalue weighted by molar-refractivity contribution is -0.136. The third-order valence-electron chi connectivity index (χ3n) is 5.95. The number of ether oxygens (including phenoxy) is 1. The highest BCUT2D eigenvalue weighted by Crippen LogP contribution is 2.30. The zero-order valence-corrected chi connectivity index (χ0v) is 19.2. The molecule has 1 aliphatic carbocycles. The second kappa shape index (κ2) is 11.7. The van der Waals surface area contributed by atoms with Gasteiger partial charge < -0.3 is 4.74 Å². The highest BCUT2D eigenvalue weighted by Gasteiger charge is 2.26. The number of aryl methyl sites for hydroxylation is 1. The average molecular weight is 469 g/mol. The molecule has 32 heavy (non-hydrogen) atoms. The van der Waals surface area contributed by atoms with Crippen LogP contribution in [0.15, 0.2) is 18.2 Å². The van der Waals surface area contributed by atoms with Crippen molar-refractivity contribution >= 4 is 21.8 Å². The minimum Gasteiger partial charge on any atom is -0.490 e. The van der Waals surface area contributed by atoms with E-state index in [4.69, 9.17) is 4.74 Å². The van der Waals surface area contributed by atoms with Gasteiger partial charge >= 0.3 is 0 Å². The number of hydrogen-bond donors (Lipinski definition) is 2. The molecule has 2 amide bonds. The number of imide groups is 1. The second-order valence-electron chi connectivity index (χ2n) is 8.83. The highest BCUT2D eigenvalue weighted by molar-refractivity contribution is 7.89. The van der Waals surface area contributed by atoms with Gasteiger partial charge in [0.05, 0.1) is 12.4 Å². The quantitative estimate of drug-likeness (QED) is 0.323. The summed E-state index contributed by atoms with van der Waals surface area (Å²) in [4.78, 5) is 22.9. The molecular formula is C23H33FN2O5S. The van der Waals surface area contributed by atoms with Gasteiger partial charge in [0.1, 0.15) is 0 Å². The number of sulfonamides is 1. The predicted molar refractivity (Wildman–Crippen MR) is 119 cm³/mol. The molecule has 1 atom stereocenters. The third kappa shape index (κ3) is 8.50. The number of unbranched alkanes of at least 4 members (excludes halogenated alkanes) is 2. The van der Waals surface area contributed by atoms with Gasteiger partial charge in [0, 0.05) is 18.9 Å². The molecule has 0 radical (unpaired) electrons. The van der Waals surface area contributed by atoms with Crippen LogP contribution in [0.3, 0.4) is 0 Å². The summed E-state index contributed by atoms with van der Waals surface area (Å²) in [5, 5.41) is 2.34. The minimum absolute atomic E-state index is 0.0536. The number of piperidine rings is 1. The Hall–Kier alpha value is -2.00. The number of carbonyl (C=O) groups is 2. The van der Waals surface area contributed by atoms with E-state index >= 15 is 0 Å². The van der Waals surface area contributed by atoms with Crippen LogP contribution < -0.4 is 14.8 Å². The van der Waals surface area contributed by atoms with E-state index in [0.29, 0.717) is 57.6 Å². The van der Waals surface area contributed by atoms with E-state index in [1.807, 2.05) is 0 Å². The van der Waals surface area contributed by atoms with E-state index in [0.717, 1.165) is 31.2 Å². The zero-order valence-electron chi connectivity index (χ0n) is 18.4. The Balaban J connectivity index is 1.27. The summed E-state index contributed by atoms with van der Waals surface area (Å²) in [5.74, 6) is -0.0696. The molecule has 0 spiro atoms. The molecule has 0 bridgehead atoms. The van der Waals surface area contributed by atoms with Gasteiger partial charge in [-0.25, -0.2) is 17.5 Å². The van der Waals surface area contributed by atoms with Crippen LogP contribution in [0.5, 0.6) is 5.75 Å². The van der Waals surface area contributed by atoms with Gasteiger partial charge in [-0.1, -0.05) is 18.9 Å². The molecule has 2 aliphatic rings.